The first kappa shape index (κ1) is 17.3. The maximum Gasteiger partial charge on any atom is 0.150 e. The van der Waals surface area contributed by atoms with E-state index < -0.39 is 0 Å². The van der Waals surface area contributed by atoms with E-state index in [0.29, 0.717) is 29.2 Å². The van der Waals surface area contributed by atoms with Crippen LogP contribution < -0.4 is 10.5 Å². The van der Waals surface area contributed by atoms with Gasteiger partial charge in [0.15, 0.2) is 0 Å². The van der Waals surface area contributed by atoms with Crippen molar-refractivity contribution in [3.8, 4) is 11.5 Å². The van der Waals surface area contributed by atoms with Gasteiger partial charge in [0.05, 0.1) is 11.2 Å². The Morgan fingerprint density at radius 2 is 1.88 bits per heavy atom. The van der Waals surface area contributed by atoms with Gasteiger partial charge in [-0.2, -0.15) is 0 Å². The third-order valence-electron chi connectivity index (χ3n) is 4.32. The number of likely N-dealkylation sites (N-methyl/N-ethyl adjacent to an activating group) is 1. The summed E-state index contributed by atoms with van der Waals surface area (Å²) in [6.07, 6.45) is 2.85. The fourth-order valence-electron chi connectivity index (χ4n) is 3.02. The second kappa shape index (κ2) is 7.15. The van der Waals surface area contributed by atoms with E-state index >= 15 is 0 Å². The summed E-state index contributed by atoms with van der Waals surface area (Å²) < 4.78 is 22.5. The molecule has 3 aromatic rings. The molecule has 3 rings (SSSR count). The first-order valence-corrected chi connectivity index (χ1v) is 8.48. The Hall–Kier alpha value is -2.53. The molecule has 0 saturated heterocycles. The molecular formula is C20H24FN3O. The van der Waals surface area contributed by atoms with Crippen LogP contribution in [0.3, 0.4) is 0 Å². The third kappa shape index (κ3) is 3.46. The number of para-hydroxylation sites is 2. The van der Waals surface area contributed by atoms with Gasteiger partial charge < -0.3 is 19.9 Å². The zero-order valence-corrected chi connectivity index (χ0v) is 14.9. The Morgan fingerprint density at radius 3 is 2.56 bits per heavy atom. The minimum Gasteiger partial charge on any atom is -0.454 e. The van der Waals surface area contributed by atoms with Crippen molar-refractivity contribution >= 4 is 16.6 Å². The standard InChI is InChI=1S/C20H24FN3O/c1-4-24-13-14(11-12-23(2)3)19-18(10-9-15(21)20(19)24)25-17-8-6-5-7-16(17)22/h5-10,13H,4,11-12,22H2,1-3H3. The molecule has 0 aliphatic carbocycles. The minimum absolute atomic E-state index is 0.235. The van der Waals surface area contributed by atoms with Crippen molar-refractivity contribution < 1.29 is 9.13 Å². The molecule has 2 N–H and O–H groups in total. The van der Waals surface area contributed by atoms with Crippen LogP contribution in [0.1, 0.15) is 12.5 Å². The number of halogens is 1. The molecule has 0 spiro atoms. The van der Waals surface area contributed by atoms with E-state index in [1.807, 2.05) is 50.0 Å². The SMILES string of the molecule is CCn1cc(CCN(C)C)c2c(Oc3ccccc3N)ccc(F)c21. The van der Waals surface area contributed by atoms with E-state index in [0.717, 1.165) is 23.9 Å². The van der Waals surface area contributed by atoms with Crippen molar-refractivity contribution in [2.24, 2.45) is 0 Å². The molecule has 0 unspecified atom stereocenters. The molecule has 0 saturated carbocycles. The predicted octanol–water partition coefficient (Wildman–Crippen LogP) is 4.28. The highest BCUT2D eigenvalue weighted by Crippen LogP contribution is 2.37. The lowest BCUT2D eigenvalue weighted by molar-refractivity contribution is 0.414. The van der Waals surface area contributed by atoms with Gasteiger partial charge in [0.1, 0.15) is 17.3 Å². The van der Waals surface area contributed by atoms with E-state index in [9.17, 15) is 4.39 Å². The number of aryl methyl sites for hydroxylation is 1. The van der Waals surface area contributed by atoms with E-state index in [4.69, 9.17) is 10.5 Å². The maximum atomic E-state index is 14.5. The first-order valence-electron chi connectivity index (χ1n) is 8.48. The topological polar surface area (TPSA) is 43.4 Å². The van der Waals surface area contributed by atoms with Crippen LogP contribution in [0.15, 0.2) is 42.6 Å². The average molecular weight is 341 g/mol. The number of benzene rings is 2. The number of ether oxygens (including phenoxy) is 1. The summed E-state index contributed by atoms with van der Waals surface area (Å²) in [6, 6.07) is 10.5. The van der Waals surface area contributed by atoms with Crippen LogP contribution in [0.2, 0.25) is 0 Å². The highest BCUT2D eigenvalue weighted by atomic mass is 19.1. The molecule has 4 nitrogen and oxygen atoms in total. The highest BCUT2D eigenvalue weighted by Gasteiger charge is 2.18. The number of nitrogens with zero attached hydrogens (tertiary/aromatic N) is 2. The quantitative estimate of drug-likeness (QED) is 0.681. The third-order valence-corrected chi connectivity index (χ3v) is 4.32. The van der Waals surface area contributed by atoms with E-state index in [-0.39, 0.29) is 5.82 Å². The molecule has 0 radical (unpaired) electrons. The van der Waals surface area contributed by atoms with Crippen LogP contribution in [-0.2, 0) is 13.0 Å². The zero-order chi connectivity index (χ0) is 18.0. The van der Waals surface area contributed by atoms with Crippen LogP contribution in [0.5, 0.6) is 11.5 Å². The first-order chi connectivity index (χ1) is 12.0. The number of aromatic nitrogens is 1. The molecule has 1 aromatic heterocycles. The molecule has 2 aromatic carbocycles. The number of nitrogen functional groups attached to an aromatic ring is 1. The van der Waals surface area contributed by atoms with Crippen LogP contribution in [0.4, 0.5) is 10.1 Å². The molecular weight excluding hydrogens is 317 g/mol. The smallest absolute Gasteiger partial charge is 0.150 e. The van der Waals surface area contributed by atoms with Gasteiger partial charge >= 0.3 is 0 Å². The Kier molecular flexibility index (Phi) is 4.95. The molecule has 0 aliphatic heterocycles. The Bertz CT molecular complexity index is 886. The highest BCUT2D eigenvalue weighted by molar-refractivity contribution is 5.91. The molecule has 1 heterocycles. The van der Waals surface area contributed by atoms with Crippen molar-refractivity contribution in [3.63, 3.8) is 0 Å². The molecule has 132 valence electrons. The van der Waals surface area contributed by atoms with Crippen molar-refractivity contribution in [2.45, 2.75) is 19.9 Å². The molecule has 0 fully saturated rings. The normalized spacial score (nSPS) is 11.4. The number of anilines is 1. The lowest BCUT2D eigenvalue weighted by Crippen LogP contribution is -2.14. The van der Waals surface area contributed by atoms with E-state index in [1.165, 1.54) is 6.07 Å². The maximum absolute atomic E-state index is 14.5. The van der Waals surface area contributed by atoms with Crippen LogP contribution in [-0.4, -0.2) is 30.1 Å². The Labute approximate surface area is 147 Å². The molecule has 25 heavy (non-hydrogen) atoms. The van der Waals surface area contributed by atoms with Gasteiger partial charge in [-0.05, 0) is 57.3 Å². The minimum atomic E-state index is -0.235. The van der Waals surface area contributed by atoms with Crippen molar-refractivity contribution in [1.29, 1.82) is 0 Å². The lowest BCUT2D eigenvalue weighted by atomic mass is 10.1. The van der Waals surface area contributed by atoms with Crippen LogP contribution in [0, 0.1) is 5.82 Å². The van der Waals surface area contributed by atoms with Gasteiger partial charge in [0, 0.05) is 24.7 Å². The average Bonchev–Trinajstić information content (AvgIpc) is 2.97. The van der Waals surface area contributed by atoms with Crippen molar-refractivity contribution in [2.75, 3.05) is 26.4 Å². The van der Waals surface area contributed by atoms with Gasteiger partial charge in [0.25, 0.3) is 0 Å². The summed E-state index contributed by atoms with van der Waals surface area (Å²) in [4.78, 5) is 2.12. The second-order valence-electron chi connectivity index (χ2n) is 6.40. The fourth-order valence-corrected chi connectivity index (χ4v) is 3.02. The van der Waals surface area contributed by atoms with Crippen molar-refractivity contribution in [1.82, 2.24) is 9.47 Å². The molecule has 0 aliphatic rings. The van der Waals surface area contributed by atoms with Gasteiger partial charge in [0.2, 0.25) is 0 Å². The second-order valence-corrected chi connectivity index (χ2v) is 6.40. The monoisotopic (exact) mass is 341 g/mol. The van der Waals surface area contributed by atoms with Gasteiger partial charge in [-0.1, -0.05) is 12.1 Å². The molecule has 0 bridgehead atoms. The van der Waals surface area contributed by atoms with Crippen LogP contribution >= 0.6 is 0 Å². The number of hydrogen-bond acceptors (Lipinski definition) is 3. The van der Waals surface area contributed by atoms with Gasteiger partial charge in [-0.3, -0.25) is 0 Å². The summed E-state index contributed by atoms with van der Waals surface area (Å²) in [5.41, 5.74) is 8.22. The Morgan fingerprint density at radius 1 is 1.12 bits per heavy atom. The lowest BCUT2D eigenvalue weighted by Gasteiger charge is -2.12. The van der Waals surface area contributed by atoms with E-state index in [1.54, 1.807) is 12.1 Å². The number of nitrogens with two attached hydrogens (primary N) is 1. The summed E-state index contributed by atoms with van der Waals surface area (Å²) >= 11 is 0. The van der Waals surface area contributed by atoms with Crippen LogP contribution in [0.25, 0.3) is 10.9 Å². The number of rotatable bonds is 6. The summed E-state index contributed by atoms with van der Waals surface area (Å²) in [7, 11) is 4.06. The predicted molar refractivity (Wildman–Crippen MR) is 101 cm³/mol. The molecule has 5 heteroatoms. The summed E-state index contributed by atoms with van der Waals surface area (Å²) in [6.45, 7) is 3.59. The molecule has 0 atom stereocenters. The van der Waals surface area contributed by atoms with Crippen molar-refractivity contribution in [3.05, 3.63) is 54.0 Å². The largest absolute Gasteiger partial charge is 0.454 e. The van der Waals surface area contributed by atoms with E-state index in [2.05, 4.69) is 4.90 Å². The molecule has 0 amide bonds. The number of hydrogen-bond donors (Lipinski definition) is 1. The zero-order valence-electron chi connectivity index (χ0n) is 14.9. The number of fused-ring (bicyclic) bond motifs is 1. The Balaban J connectivity index is 2.13. The van der Waals surface area contributed by atoms with Gasteiger partial charge in [-0.25, -0.2) is 4.39 Å². The summed E-state index contributed by atoms with van der Waals surface area (Å²) in [5, 5.41) is 0.826. The fraction of sp³-hybridized carbons (Fsp3) is 0.300. The summed E-state index contributed by atoms with van der Waals surface area (Å²) in [5.74, 6) is 0.981. The van der Waals surface area contributed by atoms with Gasteiger partial charge in [-0.15, -0.1) is 0 Å².